The first-order chi connectivity index (χ1) is 23.7. The van der Waals surface area contributed by atoms with Gasteiger partial charge in [-0.25, -0.2) is 4.85 Å². The number of fused-ring (bicyclic) bond motifs is 6. The number of nitriles is 1. The van der Waals surface area contributed by atoms with Crippen LogP contribution >= 0.6 is 0 Å². The van der Waals surface area contributed by atoms with Crippen LogP contribution in [-0.2, 0) is 0 Å². The normalized spacial score (nSPS) is 11.3. The Hall–Kier alpha value is -6.88. The van der Waals surface area contributed by atoms with Gasteiger partial charge in [0.25, 0.3) is 0 Å². The highest BCUT2D eigenvalue weighted by Crippen LogP contribution is 2.41. The van der Waals surface area contributed by atoms with E-state index in [9.17, 15) is 5.26 Å². The molecule has 9 rings (SSSR count). The van der Waals surface area contributed by atoms with Crippen molar-refractivity contribution >= 4 is 49.3 Å². The number of hydrogen-bond acceptors (Lipinski definition) is 1. The maximum Gasteiger partial charge on any atom is 0.189 e. The Morgan fingerprint density at radius 3 is 1.79 bits per heavy atom. The smallest absolute Gasteiger partial charge is 0.189 e. The zero-order valence-electron chi connectivity index (χ0n) is 25.8. The summed E-state index contributed by atoms with van der Waals surface area (Å²) in [5.74, 6) is 0. The topological polar surface area (TPSA) is 38.0 Å². The Labute approximate surface area is 277 Å². The Morgan fingerprint density at radius 1 is 0.479 bits per heavy atom. The third kappa shape index (κ3) is 4.14. The number of aromatic nitrogens is 2. The van der Waals surface area contributed by atoms with Gasteiger partial charge in [-0.15, -0.1) is 0 Å². The molecule has 0 bridgehead atoms. The molecule has 0 saturated carbocycles. The lowest BCUT2D eigenvalue weighted by Gasteiger charge is -2.17. The van der Waals surface area contributed by atoms with E-state index in [1.54, 1.807) is 6.07 Å². The van der Waals surface area contributed by atoms with Crippen LogP contribution in [0.25, 0.3) is 82.1 Å². The van der Waals surface area contributed by atoms with Gasteiger partial charge in [-0.1, -0.05) is 103 Å². The third-order valence-electron chi connectivity index (χ3n) is 9.35. The van der Waals surface area contributed by atoms with Crippen LogP contribution < -0.4 is 0 Å². The van der Waals surface area contributed by atoms with Crippen molar-refractivity contribution in [2.75, 3.05) is 0 Å². The molecule has 0 unspecified atom stereocenters. The van der Waals surface area contributed by atoms with Gasteiger partial charge in [0, 0.05) is 27.2 Å². The van der Waals surface area contributed by atoms with Crippen molar-refractivity contribution < 1.29 is 0 Å². The average molecular weight is 611 g/mol. The SMILES string of the molecule is [C-]#[N+]c1cc(C#N)c(-n2c3ccccc3c3cc(-c4ccc5c6ccccc6n(-c6ccccc6)c5c4)ccc32)c(-c2ccccc2)c1. The van der Waals surface area contributed by atoms with Crippen LogP contribution in [0.3, 0.4) is 0 Å². The predicted octanol–water partition coefficient (Wildman–Crippen LogP) is 11.6. The molecule has 0 aliphatic carbocycles. The number of hydrogen-bond donors (Lipinski definition) is 0. The molecule has 2 aromatic heterocycles. The second-order valence-corrected chi connectivity index (χ2v) is 12.0. The number of benzene rings is 7. The van der Waals surface area contributed by atoms with E-state index in [2.05, 4.69) is 129 Å². The van der Waals surface area contributed by atoms with E-state index in [1.807, 2.05) is 42.5 Å². The monoisotopic (exact) mass is 610 g/mol. The fraction of sp³-hybridized carbons (Fsp3) is 0. The van der Waals surface area contributed by atoms with Gasteiger partial charge < -0.3 is 9.13 Å². The summed E-state index contributed by atoms with van der Waals surface area (Å²) in [6, 6.07) is 56.9. The number of para-hydroxylation sites is 3. The summed E-state index contributed by atoms with van der Waals surface area (Å²) in [6.07, 6.45) is 0. The van der Waals surface area contributed by atoms with Gasteiger partial charge in [0.05, 0.1) is 39.9 Å². The first kappa shape index (κ1) is 27.4. The Balaban J connectivity index is 1.30. The third-order valence-corrected chi connectivity index (χ3v) is 9.35. The van der Waals surface area contributed by atoms with Crippen LogP contribution in [0.4, 0.5) is 5.69 Å². The quantitative estimate of drug-likeness (QED) is 0.183. The minimum absolute atomic E-state index is 0.445. The fourth-order valence-corrected chi connectivity index (χ4v) is 7.25. The van der Waals surface area contributed by atoms with E-state index >= 15 is 0 Å². The van der Waals surface area contributed by atoms with Crippen LogP contribution in [0.1, 0.15) is 5.56 Å². The summed E-state index contributed by atoms with van der Waals surface area (Å²) in [5, 5.41) is 15.1. The number of rotatable bonds is 4. The molecule has 7 aromatic carbocycles. The molecule has 0 N–H and O–H groups in total. The summed E-state index contributed by atoms with van der Waals surface area (Å²) in [7, 11) is 0. The number of nitrogens with zero attached hydrogens (tertiary/aromatic N) is 4. The maximum absolute atomic E-state index is 10.4. The highest BCUT2D eigenvalue weighted by Gasteiger charge is 2.21. The molecule has 0 aliphatic rings. The minimum atomic E-state index is 0.445. The molecule has 0 spiro atoms. The minimum Gasteiger partial charge on any atom is -0.309 e. The molecule has 0 radical (unpaired) electrons. The largest absolute Gasteiger partial charge is 0.309 e. The van der Waals surface area contributed by atoms with Crippen LogP contribution in [0.5, 0.6) is 0 Å². The van der Waals surface area contributed by atoms with E-state index in [0.717, 1.165) is 61.0 Å². The van der Waals surface area contributed by atoms with Crippen LogP contribution in [0.2, 0.25) is 0 Å². The van der Waals surface area contributed by atoms with Crippen molar-refractivity contribution in [2.45, 2.75) is 0 Å². The van der Waals surface area contributed by atoms with E-state index in [4.69, 9.17) is 6.57 Å². The molecule has 0 saturated heterocycles. The lowest BCUT2D eigenvalue weighted by Crippen LogP contribution is -2.01. The average Bonchev–Trinajstić information content (AvgIpc) is 3.67. The molecule has 0 fully saturated rings. The lowest BCUT2D eigenvalue weighted by molar-refractivity contribution is 1.17. The van der Waals surface area contributed by atoms with E-state index in [-0.39, 0.29) is 0 Å². The van der Waals surface area contributed by atoms with Gasteiger partial charge in [-0.2, -0.15) is 5.26 Å². The summed E-state index contributed by atoms with van der Waals surface area (Å²) in [6.45, 7) is 7.74. The van der Waals surface area contributed by atoms with Crippen molar-refractivity contribution in [1.82, 2.24) is 9.13 Å². The first-order valence-electron chi connectivity index (χ1n) is 15.9. The van der Waals surface area contributed by atoms with E-state index in [1.165, 1.54) is 16.3 Å². The summed E-state index contributed by atoms with van der Waals surface area (Å²) < 4.78 is 4.54. The zero-order valence-corrected chi connectivity index (χ0v) is 25.8. The van der Waals surface area contributed by atoms with Crippen molar-refractivity contribution in [3.8, 4) is 39.7 Å². The predicted molar refractivity (Wildman–Crippen MR) is 197 cm³/mol. The molecule has 2 heterocycles. The second-order valence-electron chi connectivity index (χ2n) is 12.0. The van der Waals surface area contributed by atoms with Gasteiger partial charge in [0.1, 0.15) is 6.07 Å². The van der Waals surface area contributed by atoms with Gasteiger partial charge in [-0.3, -0.25) is 0 Å². The summed E-state index contributed by atoms with van der Waals surface area (Å²) in [5.41, 5.74) is 11.2. The molecule has 222 valence electrons. The van der Waals surface area contributed by atoms with Crippen molar-refractivity contribution in [3.63, 3.8) is 0 Å². The Bertz CT molecular complexity index is 2790. The van der Waals surface area contributed by atoms with E-state index < -0.39 is 0 Å². The van der Waals surface area contributed by atoms with Crippen LogP contribution in [0, 0.1) is 17.9 Å². The van der Waals surface area contributed by atoms with Crippen molar-refractivity contribution in [2.24, 2.45) is 0 Å². The van der Waals surface area contributed by atoms with Gasteiger partial charge >= 0.3 is 0 Å². The molecular formula is C44H26N4. The molecule has 48 heavy (non-hydrogen) atoms. The van der Waals surface area contributed by atoms with Gasteiger partial charge in [0.2, 0.25) is 0 Å². The lowest BCUT2D eigenvalue weighted by atomic mass is 9.98. The molecule has 4 nitrogen and oxygen atoms in total. The second kappa shape index (κ2) is 10.9. The molecule has 9 aromatic rings. The summed E-state index contributed by atoms with van der Waals surface area (Å²) >= 11 is 0. The zero-order chi connectivity index (χ0) is 32.2. The van der Waals surface area contributed by atoms with Crippen LogP contribution in [-0.4, -0.2) is 9.13 Å². The molecule has 0 atom stereocenters. The molecular weight excluding hydrogens is 585 g/mol. The molecule has 0 aliphatic heterocycles. The van der Waals surface area contributed by atoms with Gasteiger partial charge in [-0.05, 0) is 76.9 Å². The van der Waals surface area contributed by atoms with E-state index in [0.29, 0.717) is 11.3 Å². The molecule has 0 amide bonds. The van der Waals surface area contributed by atoms with Crippen LogP contribution in [0.15, 0.2) is 158 Å². The first-order valence-corrected chi connectivity index (χ1v) is 15.9. The fourth-order valence-electron chi connectivity index (χ4n) is 7.25. The van der Waals surface area contributed by atoms with Gasteiger partial charge in [0.15, 0.2) is 5.69 Å². The Kier molecular flexibility index (Phi) is 6.22. The van der Waals surface area contributed by atoms with Crippen molar-refractivity contribution in [3.05, 3.63) is 175 Å². The standard InChI is InChI=1S/C44H26N4/c1-46-33-24-32(28-45)44(38(27-33)29-12-4-2-5-13-29)48-41-19-11-9-17-36(41)39-25-30(21-23-42(39)48)31-20-22-37-35-16-8-10-18-40(35)47(43(37)26-31)34-14-6-3-7-15-34/h2-27H. The highest BCUT2D eigenvalue weighted by atomic mass is 15.0. The molecule has 4 heteroatoms. The van der Waals surface area contributed by atoms with Crippen molar-refractivity contribution in [1.29, 1.82) is 5.26 Å². The summed E-state index contributed by atoms with van der Waals surface area (Å²) in [4.78, 5) is 3.71. The Morgan fingerprint density at radius 2 is 1.06 bits per heavy atom. The maximum atomic E-state index is 10.4. The highest BCUT2D eigenvalue weighted by molar-refractivity contribution is 6.13.